The monoisotopic (exact) mass is 404 g/mol. The van der Waals surface area contributed by atoms with E-state index in [9.17, 15) is 5.26 Å². The molecule has 2 aromatic heterocycles. The van der Waals surface area contributed by atoms with E-state index in [1.807, 2.05) is 31.2 Å². The second-order valence-corrected chi connectivity index (χ2v) is 7.35. The summed E-state index contributed by atoms with van der Waals surface area (Å²) in [5.74, 6) is 2.28. The molecule has 1 aliphatic rings. The third-order valence-corrected chi connectivity index (χ3v) is 5.41. The maximum Gasteiger partial charge on any atom is 0.154 e. The normalized spacial score (nSPS) is 15.9. The first-order valence-corrected chi connectivity index (χ1v) is 9.77. The molecule has 0 unspecified atom stereocenters. The van der Waals surface area contributed by atoms with Crippen LogP contribution in [0.25, 0.3) is 22.6 Å². The van der Waals surface area contributed by atoms with Crippen LogP contribution in [-0.2, 0) is 4.74 Å². The number of hydrogen-bond donors (Lipinski definition) is 1. The molecule has 0 amide bonds. The van der Waals surface area contributed by atoms with Gasteiger partial charge in [-0.2, -0.15) is 5.26 Å². The molecule has 0 aliphatic carbocycles. The van der Waals surface area contributed by atoms with Gasteiger partial charge in [0.25, 0.3) is 0 Å². The number of anilines is 2. The van der Waals surface area contributed by atoms with Crippen LogP contribution >= 0.6 is 0 Å². The summed E-state index contributed by atoms with van der Waals surface area (Å²) in [5, 5.41) is 9.96. The SMILES string of the molecule is COc1cc(-c2cc(N)nc(-c3ccc(C)o3)c2C#N)cc(N2CC[C@H](OC)C2)c1. The number of pyridine rings is 1. The Kier molecular flexibility index (Phi) is 5.34. The highest BCUT2D eigenvalue weighted by molar-refractivity contribution is 5.82. The lowest BCUT2D eigenvalue weighted by Gasteiger charge is -2.21. The number of hydrogen-bond acceptors (Lipinski definition) is 7. The first kappa shape index (κ1) is 19.8. The van der Waals surface area contributed by atoms with E-state index < -0.39 is 0 Å². The zero-order valence-electron chi connectivity index (χ0n) is 17.3. The van der Waals surface area contributed by atoms with Crippen molar-refractivity contribution in [3.63, 3.8) is 0 Å². The summed E-state index contributed by atoms with van der Waals surface area (Å²) in [6, 6.07) is 13.6. The minimum Gasteiger partial charge on any atom is -0.497 e. The highest BCUT2D eigenvalue weighted by Crippen LogP contribution is 2.37. The van der Waals surface area contributed by atoms with Crippen molar-refractivity contribution in [3.8, 4) is 34.4 Å². The standard InChI is InChI=1S/C23H24N4O3/c1-14-4-5-21(30-14)23-20(12-24)19(11-22(25)26-23)15-8-16(10-18(9-15)29-3)27-7-6-17(13-27)28-2/h4-5,8-11,17H,6-7,13H2,1-3H3,(H2,25,26)/t17-/m0/s1. The molecule has 1 fully saturated rings. The van der Waals surface area contributed by atoms with Gasteiger partial charge in [0.05, 0.1) is 18.8 Å². The minimum atomic E-state index is 0.208. The van der Waals surface area contributed by atoms with Gasteiger partial charge in [-0.1, -0.05) is 0 Å². The summed E-state index contributed by atoms with van der Waals surface area (Å²) in [4.78, 5) is 6.64. The fourth-order valence-corrected chi connectivity index (χ4v) is 3.84. The molecule has 1 aliphatic heterocycles. The molecular formula is C23H24N4O3. The van der Waals surface area contributed by atoms with Crippen molar-refractivity contribution in [3.05, 3.63) is 47.7 Å². The van der Waals surface area contributed by atoms with Crippen LogP contribution in [0, 0.1) is 18.3 Å². The molecule has 1 saturated heterocycles. The number of benzene rings is 1. The van der Waals surface area contributed by atoms with Gasteiger partial charge < -0.3 is 24.5 Å². The van der Waals surface area contributed by atoms with Crippen LogP contribution in [0.3, 0.4) is 0 Å². The van der Waals surface area contributed by atoms with Crippen LogP contribution in [0.5, 0.6) is 5.75 Å². The Balaban J connectivity index is 1.85. The highest BCUT2D eigenvalue weighted by Gasteiger charge is 2.24. The van der Waals surface area contributed by atoms with E-state index in [-0.39, 0.29) is 6.10 Å². The Labute approximate surface area is 175 Å². The number of aryl methyl sites for hydroxylation is 1. The molecule has 3 aromatic rings. The number of methoxy groups -OCH3 is 2. The Morgan fingerprint density at radius 3 is 2.70 bits per heavy atom. The van der Waals surface area contributed by atoms with Crippen LogP contribution in [0.4, 0.5) is 11.5 Å². The van der Waals surface area contributed by atoms with Gasteiger partial charge in [-0.15, -0.1) is 0 Å². The van der Waals surface area contributed by atoms with Crippen molar-refractivity contribution in [1.29, 1.82) is 5.26 Å². The zero-order valence-corrected chi connectivity index (χ0v) is 17.3. The number of nitrogen functional groups attached to an aromatic ring is 1. The summed E-state index contributed by atoms with van der Waals surface area (Å²) < 4.78 is 16.8. The van der Waals surface area contributed by atoms with Crippen molar-refractivity contribution in [2.45, 2.75) is 19.4 Å². The Hall–Kier alpha value is -3.50. The first-order valence-electron chi connectivity index (χ1n) is 9.77. The van der Waals surface area contributed by atoms with Crippen molar-refractivity contribution in [2.24, 2.45) is 0 Å². The second kappa shape index (κ2) is 8.09. The van der Waals surface area contributed by atoms with Gasteiger partial charge in [0, 0.05) is 37.5 Å². The Morgan fingerprint density at radius 1 is 1.23 bits per heavy atom. The summed E-state index contributed by atoms with van der Waals surface area (Å²) in [7, 11) is 3.37. The third-order valence-electron chi connectivity index (χ3n) is 5.41. The maximum atomic E-state index is 9.96. The fourth-order valence-electron chi connectivity index (χ4n) is 3.84. The maximum absolute atomic E-state index is 9.96. The summed E-state index contributed by atoms with van der Waals surface area (Å²) >= 11 is 0. The van der Waals surface area contributed by atoms with Gasteiger partial charge in [0.2, 0.25) is 0 Å². The number of nitrogens with two attached hydrogens (primary N) is 1. The summed E-state index contributed by atoms with van der Waals surface area (Å²) in [6.07, 6.45) is 1.18. The zero-order chi connectivity index (χ0) is 21.3. The van der Waals surface area contributed by atoms with E-state index in [0.29, 0.717) is 34.1 Å². The van der Waals surface area contributed by atoms with Gasteiger partial charge in [0.15, 0.2) is 5.76 Å². The second-order valence-electron chi connectivity index (χ2n) is 7.35. The van der Waals surface area contributed by atoms with Gasteiger partial charge in [0.1, 0.15) is 29.1 Å². The Bertz CT molecular complexity index is 1120. The lowest BCUT2D eigenvalue weighted by molar-refractivity contribution is 0.121. The molecule has 30 heavy (non-hydrogen) atoms. The molecule has 7 nitrogen and oxygen atoms in total. The summed E-state index contributed by atoms with van der Waals surface area (Å²) in [5.41, 5.74) is 9.50. The largest absolute Gasteiger partial charge is 0.497 e. The van der Waals surface area contributed by atoms with Crippen molar-refractivity contribution in [1.82, 2.24) is 4.98 Å². The Morgan fingerprint density at radius 2 is 2.07 bits per heavy atom. The average molecular weight is 404 g/mol. The first-order chi connectivity index (χ1) is 14.5. The van der Waals surface area contributed by atoms with Crippen molar-refractivity contribution >= 4 is 11.5 Å². The molecule has 2 N–H and O–H groups in total. The minimum absolute atomic E-state index is 0.208. The fraction of sp³-hybridized carbons (Fsp3) is 0.304. The predicted octanol–water partition coefficient (Wildman–Crippen LogP) is 4.00. The molecule has 0 bridgehead atoms. The van der Waals surface area contributed by atoms with E-state index in [1.165, 1.54) is 0 Å². The third kappa shape index (κ3) is 3.70. The molecule has 1 atom stereocenters. The molecule has 0 radical (unpaired) electrons. The van der Waals surface area contributed by atoms with E-state index in [1.54, 1.807) is 26.4 Å². The molecule has 7 heteroatoms. The smallest absolute Gasteiger partial charge is 0.154 e. The molecular weight excluding hydrogens is 380 g/mol. The number of nitriles is 1. The van der Waals surface area contributed by atoms with E-state index in [0.717, 1.165) is 36.5 Å². The molecule has 3 heterocycles. The lowest BCUT2D eigenvalue weighted by Crippen LogP contribution is -2.22. The van der Waals surface area contributed by atoms with Crippen LogP contribution < -0.4 is 15.4 Å². The molecule has 0 spiro atoms. The van der Waals surface area contributed by atoms with Crippen LogP contribution in [-0.4, -0.2) is 38.4 Å². The molecule has 0 saturated carbocycles. The van der Waals surface area contributed by atoms with Crippen LogP contribution in [0.15, 0.2) is 40.8 Å². The molecule has 4 rings (SSSR count). The van der Waals surface area contributed by atoms with E-state index in [4.69, 9.17) is 19.6 Å². The van der Waals surface area contributed by atoms with Crippen molar-refractivity contribution < 1.29 is 13.9 Å². The number of ether oxygens (including phenoxy) is 2. The van der Waals surface area contributed by atoms with E-state index >= 15 is 0 Å². The summed E-state index contributed by atoms with van der Waals surface area (Å²) in [6.45, 7) is 3.55. The molecule has 1 aromatic carbocycles. The molecule has 154 valence electrons. The average Bonchev–Trinajstić information content (AvgIpc) is 3.41. The quantitative estimate of drug-likeness (QED) is 0.686. The topological polar surface area (TPSA) is 97.5 Å². The van der Waals surface area contributed by atoms with Crippen LogP contribution in [0.2, 0.25) is 0 Å². The highest BCUT2D eigenvalue weighted by atomic mass is 16.5. The lowest BCUT2D eigenvalue weighted by atomic mass is 9.97. The predicted molar refractivity (Wildman–Crippen MR) is 115 cm³/mol. The van der Waals surface area contributed by atoms with E-state index in [2.05, 4.69) is 16.0 Å². The van der Waals surface area contributed by atoms with Crippen LogP contribution in [0.1, 0.15) is 17.7 Å². The van der Waals surface area contributed by atoms with Gasteiger partial charge in [-0.25, -0.2) is 4.98 Å². The van der Waals surface area contributed by atoms with Gasteiger partial charge in [-0.3, -0.25) is 0 Å². The van der Waals surface area contributed by atoms with Gasteiger partial charge in [-0.05, 0) is 49.2 Å². The number of furan rings is 1. The van der Waals surface area contributed by atoms with Gasteiger partial charge >= 0.3 is 0 Å². The number of nitrogens with zero attached hydrogens (tertiary/aromatic N) is 3. The van der Waals surface area contributed by atoms with Crippen molar-refractivity contribution in [2.75, 3.05) is 37.9 Å². The number of aromatic nitrogens is 1. The number of rotatable bonds is 5.